The molecule has 1 heterocycles. The summed E-state index contributed by atoms with van der Waals surface area (Å²) >= 11 is 0. The fourth-order valence-electron chi connectivity index (χ4n) is 1.20. The molecule has 3 nitrogen and oxygen atoms in total. The maximum atomic E-state index is 4.37. The van der Waals surface area contributed by atoms with Crippen LogP contribution >= 0.6 is 0 Å². The van der Waals surface area contributed by atoms with Crippen LogP contribution in [0.25, 0.3) is 0 Å². The van der Waals surface area contributed by atoms with Crippen molar-refractivity contribution in [2.75, 3.05) is 14.1 Å². The van der Waals surface area contributed by atoms with Crippen LogP contribution in [-0.2, 0) is 13.5 Å². The molecule has 0 spiro atoms. The Labute approximate surface area is 80.4 Å². The normalized spacial score (nSPS) is 13.7. The Bertz CT molecular complexity index is 276. The standard InChI is InChI=1S/C10H19N3/c1-8(12(3)4)6-10-9(2)13(5)7-11-10/h7-8H,6H2,1-5H3/t8-/m1/s1. The molecule has 0 unspecified atom stereocenters. The van der Waals surface area contributed by atoms with E-state index in [-0.39, 0.29) is 0 Å². The van der Waals surface area contributed by atoms with E-state index in [1.807, 2.05) is 13.4 Å². The number of nitrogens with zero attached hydrogens (tertiary/aromatic N) is 3. The summed E-state index contributed by atoms with van der Waals surface area (Å²) in [6.07, 6.45) is 2.91. The Balaban J connectivity index is 2.69. The van der Waals surface area contributed by atoms with Gasteiger partial charge in [0.2, 0.25) is 0 Å². The van der Waals surface area contributed by atoms with Crippen LogP contribution in [0.4, 0.5) is 0 Å². The van der Waals surface area contributed by atoms with Crippen molar-refractivity contribution in [2.24, 2.45) is 7.05 Å². The van der Waals surface area contributed by atoms with E-state index < -0.39 is 0 Å². The first-order chi connectivity index (χ1) is 6.02. The fourth-order valence-corrected chi connectivity index (χ4v) is 1.20. The summed E-state index contributed by atoms with van der Waals surface area (Å²) in [5.74, 6) is 0. The molecule has 1 rings (SSSR count). The molecule has 1 aromatic heterocycles. The molecule has 1 atom stereocenters. The zero-order chi connectivity index (χ0) is 10.0. The van der Waals surface area contributed by atoms with Crippen molar-refractivity contribution in [2.45, 2.75) is 26.3 Å². The monoisotopic (exact) mass is 181 g/mol. The quantitative estimate of drug-likeness (QED) is 0.699. The molecule has 0 fully saturated rings. The highest BCUT2D eigenvalue weighted by molar-refractivity contribution is 5.11. The first kappa shape index (κ1) is 10.3. The van der Waals surface area contributed by atoms with Gasteiger partial charge >= 0.3 is 0 Å². The number of likely N-dealkylation sites (N-methyl/N-ethyl adjacent to an activating group) is 1. The molecule has 0 amide bonds. The Kier molecular flexibility index (Phi) is 3.09. The van der Waals surface area contributed by atoms with Crippen molar-refractivity contribution in [3.8, 4) is 0 Å². The van der Waals surface area contributed by atoms with E-state index in [1.54, 1.807) is 0 Å². The number of imidazole rings is 1. The van der Waals surface area contributed by atoms with Crippen LogP contribution in [-0.4, -0.2) is 34.6 Å². The minimum absolute atomic E-state index is 0.550. The van der Waals surface area contributed by atoms with Crippen LogP contribution in [0.3, 0.4) is 0 Å². The van der Waals surface area contributed by atoms with Crippen molar-refractivity contribution in [3.05, 3.63) is 17.7 Å². The molecule has 0 radical (unpaired) electrons. The van der Waals surface area contributed by atoms with Crippen molar-refractivity contribution >= 4 is 0 Å². The van der Waals surface area contributed by atoms with Crippen molar-refractivity contribution in [3.63, 3.8) is 0 Å². The third kappa shape index (κ3) is 2.31. The molecule has 0 saturated heterocycles. The van der Waals surface area contributed by atoms with Gasteiger partial charge in [0.15, 0.2) is 0 Å². The average Bonchev–Trinajstić information content (AvgIpc) is 2.36. The summed E-state index contributed by atoms with van der Waals surface area (Å²) < 4.78 is 2.07. The van der Waals surface area contributed by atoms with Gasteiger partial charge < -0.3 is 9.47 Å². The van der Waals surface area contributed by atoms with Gasteiger partial charge in [-0.25, -0.2) is 4.98 Å². The first-order valence-electron chi connectivity index (χ1n) is 4.65. The summed E-state index contributed by atoms with van der Waals surface area (Å²) in [6, 6.07) is 0.550. The van der Waals surface area contributed by atoms with E-state index in [0.29, 0.717) is 6.04 Å². The van der Waals surface area contributed by atoms with E-state index in [4.69, 9.17) is 0 Å². The molecule has 13 heavy (non-hydrogen) atoms. The molecule has 0 bridgehead atoms. The highest BCUT2D eigenvalue weighted by Crippen LogP contribution is 2.08. The summed E-state index contributed by atoms with van der Waals surface area (Å²) in [5, 5.41) is 0. The Hall–Kier alpha value is -0.830. The van der Waals surface area contributed by atoms with E-state index in [2.05, 4.69) is 42.4 Å². The lowest BCUT2D eigenvalue weighted by atomic mass is 10.1. The maximum absolute atomic E-state index is 4.37. The molecule has 0 saturated carbocycles. The minimum atomic E-state index is 0.550. The van der Waals surface area contributed by atoms with Gasteiger partial charge in [-0.15, -0.1) is 0 Å². The Morgan fingerprint density at radius 1 is 1.54 bits per heavy atom. The number of rotatable bonds is 3. The number of hydrogen-bond acceptors (Lipinski definition) is 2. The van der Waals surface area contributed by atoms with Gasteiger partial charge in [-0.05, 0) is 27.9 Å². The average molecular weight is 181 g/mol. The van der Waals surface area contributed by atoms with Gasteiger partial charge in [0.05, 0.1) is 12.0 Å². The summed E-state index contributed by atoms with van der Waals surface area (Å²) in [4.78, 5) is 6.59. The van der Waals surface area contributed by atoms with Gasteiger partial charge in [-0.3, -0.25) is 0 Å². The zero-order valence-corrected chi connectivity index (χ0v) is 9.20. The van der Waals surface area contributed by atoms with Gasteiger partial charge in [-0.2, -0.15) is 0 Å². The lowest BCUT2D eigenvalue weighted by Crippen LogP contribution is -2.27. The molecule has 74 valence electrons. The predicted molar refractivity (Wildman–Crippen MR) is 54.8 cm³/mol. The van der Waals surface area contributed by atoms with Gasteiger partial charge in [0.25, 0.3) is 0 Å². The molecule has 3 heteroatoms. The molecular weight excluding hydrogens is 162 g/mol. The zero-order valence-electron chi connectivity index (χ0n) is 9.20. The minimum Gasteiger partial charge on any atom is -0.338 e. The highest BCUT2D eigenvalue weighted by atomic mass is 15.1. The number of hydrogen-bond donors (Lipinski definition) is 0. The van der Waals surface area contributed by atoms with Crippen LogP contribution in [0.5, 0.6) is 0 Å². The van der Waals surface area contributed by atoms with Crippen LogP contribution in [0, 0.1) is 6.92 Å². The summed E-state index contributed by atoms with van der Waals surface area (Å²) in [5.41, 5.74) is 2.48. The van der Waals surface area contributed by atoms with E-state index >= 15 is 0 Å². The third-order valence-corrected chi connectivity index (χ3v) is 2.70. The number of aryl methyl sites for hydroxylation is 1. The summed E-state index contributed by atoms with van der Waals surface area (Å²) in [6.45, 7) is 4.33. The van der Waals surface area contributed by atoms with Crippen LogP contribution in [0.2, 0.25) is 0 Å². The lowest BCUT2D eigenvalue weighted by molar-refractivity contribution is 0.310. The second-order valence-electron chi connectivity index (χ2n) is 3.90. The highest BCUT2D eigenvalue weighted by Gasteiger charge is 2.10. The number of aromatic nitrogens is 2. The topological polar surface area (TPSA) is 21.1 Å². The van der Waals surface area contributed by atoms with Crippen LogP contribution in [0.15, 0.2) is 6.33 Å². The largest absolute Gasteiger partial charge is 0.338 e. The molecule has 0 aliphatic carbocycles. The van der Waals surface area contributed by atoms with Crippen molar-refractivity contribution in [1.82, 2.24) is 14.5 Å². The predicted octanol–water partition coefficient (Wildman–Crippen LogP) is 1.22. The molecule has 0 aliphatic heterocycles. The Morgan fingerprint density at radius 2 is 2.15 bits per heavy atom. The smallest absolute Gasteiger partial charge is 0.0948 e. The van der Waals surface area contributed by atoms with E-state index in [9.17, 15) is 0 Å². The Morgan fingerprint density at radius 3 is 2.54 bits per heavy atom. The molecule has 0 aliphatic rings. The molecule has 0 aromatic carbocycles. The first-order valence-corrected chi connectivity index (χ1v) is 4.65. The van der Waals surface area contributed by atoms with Crippen LogP contribution < -0.4 is 0 Å². The second-order valence-corrected chi connectivity index (χ2v) is 3.90. The van der Waals surface area contributed by atoms with Crippen molar-refractivity contribution in [1.29, 1.82) is 0 Å². The third-order valence-electron chi connectivity index (χ3n) is 2.70. The molecular formula is C10H19N3. The van der Waals surface area contributed by atoms with E-state index in [1.165, 1.54) is 11.4 Å². The second kappa shape index (κ2) is 3.92. The van der Waals surface area contributed by atoms with Gasteiger partial charge in [0, 0.05) is 25.2 Å². The van der Waals surface area contributed by atoms with Crippen molar-refractivity contribution < 1.29 is 0 Å². The fraction of sp³-hybridized carbons (Fsp3) is 0.700. The lowest BCUT2D eigenvalue weighted by Gasteiger charge is -2.18. The SMILES string of the molecule is Cc1c(C[C@@H](C)N(C)C)ncn1C. The van der Waals surface area contributed by atoms with E-state index in [0.717, 1.165) is 6.42 Å². The molecule has 0 N–H and O–H groups in total. The molecule has 1 aromatic rings. The van der Waals surface area contributed by atoms with Crippen LogP contribution in [0.1, 0.15) is 18.3 Å². The van der Waals surface area contributed by atoms with Gasteiger partial charge in [0.1, 0.15) is 0 Å². The van der Waals surface area contributed by atoms with Gasteiger partial charge in [-0.1, -0.05) is 0 Å². The maximum Gasteiger partial charge on any atom is 0.0948 e. The summed E-state index contributed by atoms with van der Waals surface area (Å²) in [7, 11) is 6.23.